The molecule has 1 aromatic carbocycles. The molecular formula is C23H29N5O2. The molecule has 0 radical (unpaired) electrons. The fourth-order valence-corrected chi connectivity index (χ4v) is 4.03. The number of nitrogens with one attached hydrogen (secondary N) is 1. The number of piperidine rings is 1. The summed E-state index contributed by atoms with van der Waals surface area (Å²) < 4.78 is 5.76. The third-order valence-electron chi connectivity index (χ3n) is 5.96. The van der Waals surface area contributed by atoms with Gasteiger partial charge in [0, 0.05) is 45.0 Å². The number of fused-ring (bicyclic) bond motifs is 1. The van der Waals surface area contributed by atoms with Crippen molar-refractivity contribution in [1.82, 2.24) is 15.3 Å². The number of aromatic nitrogens is 2. The zero-order chi connectivity index (χ0) is 21.3. The minimum absolute atomic E-state index is 0.0573. The number of nitrogens with zero attached hydrogens (tertiary/aromatic N) is 4. The standard InChI is InChI=1S/C23H29N5O2/c1-15-16(2)30-23-20(15)21(25-14-26-23)28-11-5-6-18(13-28)22(29)24-12-17-7-9-19(10-8-17)27(3)4/h7-10,14,18H,5-6,11-13H2,1-4H3,(H,24,29). The first-order valence-electron chi connectivity index (χ1n) is 10.4. The van der Waals surface area contributed by atoms with E-state index in [0.29, 0.717) is 18.8 Å². The first-order valence-corrected chi connectivity index (χ1v) is 10.4. The Morgan fingerprint density at radius 3 is 2.73 bits per heavy atom. The average Bonchev–Trinajstić information content (AvgIpc) is 3.06. The van der Waals surface area contributed by atoms with Gasteiger partial charge in [-0.1, -0.05) is 12.1 Å². The summed E-state index contributed by atoms with van der Waals surface area (Å²) in [5.74, 6) is 1.77. The van der Waals surface area contributed by atoms with Gasteiger partial charge in [-0.3, -0.25) is 4.79 Å². The van der Waals surface area contributed by atoms with E-state index < -0.39 is 0 Å². The molecule has 1 amide bonds. The molecule has 1 aliphatic heterocycles. The maximum Gasteiger partial charge on any atom is 0.231 e. The van der Waals surface area contributed by atoms with E-state index in [2.05, 4.69) is 49.4 Å². The van der Waals surface area contributed by atoms with Gasteiger partial charge in [0.15, 0.2) is 0 Å². The maximum absolute atomic E-state index is 12.9. The smallest absolute Gasteiger partial charge is 0.231 e. The zero-order valence-corrected chi connectivity index (χ0v) is 18.1. The van der Waals surface area contributed by atoms with E-state index in [1.54, 1.807) is 6.33 Å². The molecule has 30 heavy (non-hydrogen) atoms. The fourth-order valence-electron chi connectivity index (χ4n) is 4.03. The zero-order valence-electron chi connectivity index (χ0n) is 18.1. The Kier molecular flexibility index (Phi) is 5.61. The molecule has 158 valence electrons. The number of rotatable bonds is 5. The highest BCUT2D eigenvalue weighted by Gasteiger charge is 2.28. The lowest BCUT2D eigenvalue weighted by Crippen LogP contribution is -2.43. The van der Waals surface area contributed by atoms with Crippen molar-refractivity contribution in [3.8, 4) is 0 Å². The number of aryl methyl sites for hydroxylation is 2. The Morgan fingerprint density at radius 2 is 2.00 bits per heavy atom. The van der Waals surface area contributed by atoms with Gasteiger partial charge >= 0.3 is 0 Å². The van der Waals surface area contributed by atoms with E-state index in [0.717, 1.165) is 53.2 Å². The minimum Gasteiger partial charge on any atom is -0.443 e. The average molecular weight is 408 g/mol. The molecule has 1 N–H and O–H groups in total. The third kappa shape index (κ3) is 3.97. The van der Waals surface area contributed by atoms with Crippen molar-refractivity contribution >= 4 is 28.5 Å². The Bertz CT molecular complexity index is 1040. The maximum atomic E-state index is 12.9. The molecule has 7 nitrogen and oxygen atoms in total. The van der Waals surface area contributed by atoms with Crippen LogP contribution in [0.15, 0.2) is 35.0 Å². The molecule has 1 saturated heterocycles. The number of amides is 1. The van der Waals surface area contributed by atoms with Gasteiger partial charge in [0.1, 0.15) is 17.9 Å². The summed E-state index contributed by atoms with van der Waals surface area (Å²) in [5, 5.41) is 4.07. The molecule has 1 unspecified atom stereocenters. The van der Waals surface area contributed by atoms with Gasteiger partial charge in [0.25, 0.3) is 0 Å². The lowest BCUT2D eigenvalue weighted by molar-refractivity contribution is -0.125. The number of carbonyl (C=O) groups is 1. The van der Waals surface area contributed by atoms with Gasteiger partial charge in [0.2, 0.25) is 11.6 Å². The van der Waals surface area contributed by atoms with Gasteiger partial charge in [0.05, 0.1) is 11.3 Å². The van der Waals surface area contributed by atoms with Crippen molar-refractivity contribution in [2.45, 2.75) is 33.2 Å². The Balaban J connectivity index is 1.43. The topological polar surface area (TPSA) is 74.5 Å². The first kappa shape index (κ1) is 20.2. The summed E-state index contributed by atoms with van der Waals surface area (Å²) in [6, 6.07) is 8.26. The van der Waals surface area contributed by atoms with E-state index in [4.69, 9.17) is 4.42 Å². The Morgan fingerprint density at radius 1 is 1.23 bits per heavy atom. The van der Waals surface area contributed by atoms with Crippen LogP contribution in [0, 0.1) is 19.8 Å². The summed E-state index contributed by atoms with van der Waals surface area (Å²) in [6.45, 7) is 6.05. The number of anilines is 2. The summed E-state index contributed by atoms with van der Waals surface area (Å²) in [6.07, 6.45) is 3.39. The molecule has 1 aliphatic rings. The summed E-state index contributed by atoms with van der Waals surface area (Å²) in [5.41, 5.74) is 3.92. The lowest BCUT2D eigenvalue weighted by Gasteiger charge is -2.33. The van der Waals surface area contributed by atoms with E-state index in [1.807, 2.05) is 27.9 Å². The highest BCUT2D eigenvalue weighted by Crippen LogP contribution is 2.32. The van der Waals surface area contributed by atoms with Crippen molar-refractivity contribution in [1.29, 1.82) is 0 Å². The van der Waals surface area contributed by atoms with Gasteiger partial charge in [-0.25, -0.2) is 9.97 Å². The van der Waals surface area contributed by atoms with Crippen molar-refractivity contribution in [2.75, 3.05) is 37.0 Å². The monoisotopic (exact) mass is 407 g/mol. The highest BCUT2D eigenvalue weighted by molar-refractivity contribution is 5.90. The molecule has 0 bridgehead atoms. The Labute approximate surface area is 177 Å². The van der Waals surface area contributed by atoms with Crippen LogP contribution in [-0.2, 0) is 11.3 Å². The number of benzene rings is 1. The lowest BCUT2D eigenvalue weighted by atomic mass is 9.96. The summed E-state index contributed by atoms with van der Waals surface area (Å²) in [7, 11) is 4.03. The SMILES string of the molecule is Cc1oc2ncnc(N3CCCC(C(=O)NCc4ccc(N(C)C)cc4)C3)c2c1C. The van der Waals surface area contributed by atoms with Crippen LogP contribution < -0.4 is 15.1 Å². The third-order valence-corrected chi connectivity index (χ3v) is 5.96. The van der Waals surface area contributed by atoms with Crippen molar-refractivity contribution in [3.63, 3.8) is 0 Å². The van der Waals surface area contributed by atoms with E-state index in [1.165, 1.54) is 0 Å². The molecule has 1 fully saturated rings. The quantitative estimate of drug-likeness (QED) is 0.698. The van der Waals surface area contributed by atoms with Crippen LogP contribution in [-0.4, -0.2) is 43.1 Å². The second-order valence-electron chi connectivity index (χ2n) is 8.22. The van der Waals surface area contributed by atoms with Crippen molar-refractivity contribution in [3.05, 3.63) is 47.5 Å². The molecule has 2 aromatic heterocycles. The molecule has 7 heteroatoms. The summed E-state index contributed by atoms with van der Waals surface area (Å²) in [4.78, 5) is 25.9. The van der Waals surface area contributed by atoms with Gasteiger partial charge in [-0.2, -0.15) is 0 Å². The van der Waals surface area contributed by atoms with Crippen LogP contribution in [0.2, 0.25) is 0 Å². The van der Waals surface area contributed by atoms with Crippen molar-refractivity contribution < 1.29 is 9.21 Å². The minimum atomic E-state index is -0.0573. The molecule has 4 rings (SSSR count). The van der Waals surface area contributed by atoms with E-state index in [9.17, 15) is 4.79 Å². The van der Waals surface area contributed by atoms with Crippen LogP contribution in [0.3, 0.4) is 0 Å². The molecule has 1 atom stereocenters. The predicted octanol–water partition coefficient (Wildman–Crippen LogP) is 3.44. The van der Waals surface area contributed by atoms with Gasteiger partial charge in [-0.05, 0) is 44.4 Å². The second kappa shape index (κ2) is 8.34. The van der Waals surface area contributed by atoms with Crippen LogP contribution >= 0.6 is 0 Å². The molecular weight excluding hydrogens is 378 g/mol. The van der Waals surface area contributed by atoms with E-state index in [-0.39, 0.29) is 11.8 Å². The molecule has 3 aromatic rings. The number of hydrogen-bond donors (Lipinski definition) is 1. The Hall–Kier alpha value is -3.09. The molecule has 0 aliphatic carbocycles. The number of carbonyl (C=O) groups excluding carboxylic acids is 1. The normalized spacial score (nSPS) is 16.7. The largest absolute Gasteiger partial charge is 0.443 e. The highest BCUT2D eigenvalue weighted by atomic mass is 16.3. The second-order valence-corrected chi connectivity index (χ2v) is 8.22. The number of hydrogen-bond acceptors (Lipinski definition) is 6. The van der Waals surface area contributed by atoms with Crippen LogP contribution in [0.1, 0.15) is 29.7 Å². The van der Waals surface area contributed by atoms with E-state index >= 15 is 0 Å². The first-order chi connectivity index (χ1) is 14.4. The summed E-state index contributed by atoms with van der Waals surface area (Å²) >= 11 is 0. The predicted molar refractivity (Wildman–Crippen MR) is 119 cm³/mol. The number of furan rings is 1. The van der Waals surface area contributed by atoms with Gasteiger partial charge in [-0.15, -0.1) is 0 Å². The fraction of sp³-hybridized carbons (Fsp3) is 0.435. The molecule has 0 saturated carbocycles. The molecule has 3 heterocycles. The van der Waals surface area contributed by atoms with Crippen LogP contribution in [0.25, 0.3) is 11.1 Å². The van der Waals surface area contributed by atoms with Crippen LogP contribution in [0.4, 0.5) is 11.5 Å². The van der Waals surface area contributed by atoms with Gasteiger partial charge < -0.3 is 19.5 Å². The van der Waals surface area contributed by atoms with Crippen LogP contribution in [0.5, 0.6) is 0 Å². The molecule has 0 spiro atoms. The van der Waals surface area contributed by atoms with Crippen molar-refractivity contribution in [2.24, 2.45) is 5.92 Å².